The van der Waals surface area contributed by atoms with E-state index in [2.05, 4.69) is 15.5 Å². The molecule has 0 bridgehead atoms. The number of aromatic hydroxyl groups is 1. The number of carbonyl (C=O) groups is 1. The van der Waals surface area contributed by atoms with Crippen LogP contribution in [-0.2, 0) is 6.54 Å². The van der Waals surface area contributed by atoms with Crippen LogP contribution in [0.3, 0.4) is 0 Å². The van der Waals surface area contributed by atoms with E-state index in [4.69, 9.17) is 0 Å². The Bertz CT molecular complexity index is 1130. The second-order valence-corrected chi connectivity index (χ2v) is 7.87. The van der Waals surface area contributed by atoms with Crippen molar-refractivity contribution in [1.29, 1.82) is 0 Å². The fourth-order valence-corrected chi connectivity index (χ4v) is 4.46. The van der Waals surface area contributed by atoms with E-state index in [0.717, 1.165) is 0 Å². The Hall–Kier alpha value is -3.08. The fourth-order valence-electron chi connectivity index (χ4n) is 4.46. The van der Waals surface area contributed by atoms with Crippen LogP contribution in [0.2, 0.25) is 0 Å². The topological polar surface area (TPSA) is 94.3 Å². The number of carbonyl (C=O) groups excluding carboxylic acids is 1. The highest BCUT2D eigenvalue weighted by Crippen LogP contribution is 2.55. The third-order valence-corrected chi connectivity index (χ3v) is 6.10. The molecule has 1 aliphatic heterocycles. The zero-order valence-electron chi connectivity index (χ0n) is 16.7. The Balaban J connectivity index is 1.93. The number of halogens is 5. The molecule has 0 unspecified atom stereocenters. The van der Waals surface area contributed by atoms with E-state index in [9.17, 15) is 37.0 Å². The Labute approximate surface area is 178 Å². The maximum absolute atomic E-state index is 14.2. The summed E-state index contributed by atoms with van der Waals surface area (Å²) in [6, 6.07) is 2.78. The summed E-state index contributed by atoms with van der Waals surface area (Å²) in [7, 11) is 0. The SMILES string of the molecule is CC[C@@H]1C[C@@](O)(C(F)(F)F)[C@@H](Nc2cccc3c2CN=NC3=O)c2cc(F)c(F)c(O)c21. The first kappa shape index (κ1) is 22.1. The molecular formula is C21H18F5N3O3. The number of rotatable bonds is 3. The number of phenols is 1. The number of hydrogen-bond donors (Lipinski definition) is 3. The lowest BCUT2D eigenvalue weighted by molar-refractivity contribution is -0.273. The summed E-state index contributed by atoms with van der Waals surface area (Å²) in [4.78, 5) is 12.0. The number of nitrogens with one attached hydrogen (secondary N) is 1. The highest BCUT2D eigenvalue weighted by molar-refractivity contribution is 5.98. The van der Waals surface area contributed by atoms with Gasteiger partial charge < -0.3 is 15.5 Å². The lowest BCUT2D eigenvalue weighted by atomic mass is 9.69. The van der Waals surface area contributed by atoms with E-state index in [1.807, 2.05) is 0 Å². The second kappa shape index (κ2) is 7.51. The third-order valence-electron chi connectivity index (χ3n) is 6.10. The van der Waals surface area contributed by atoms with Crippen LogP contribution in [0.1, 0.15) is 58.8 Å². The third kappa shape index (κ3) is 3.22. The largest absolute Gasteiger partial charge is 0.505 e. The molecule has 0 spiro atoms. The maximum Gasteiger partial charge on any atom is 0.419 e. The number of alkyl halides is 3. The average molecular weight is 455 g/mol. The Morgan fingerprint density at radius 3 is 2.66 bits per heavy atom. The first-order valence-corrected chi connectivity index (χ1v) is 9.79. The van der Waals surface area contributed by atoms with Gasteiger partial charge in [-0.2, -0.15) is 22.7 Å². The van der Waals surface area contributed by atoms with Crippen molar-refractivity contribution in [2.24, 2.45) is 10.2 Å². The lowest BCUT2D eigenvalue weighted by Crippen LogP contribution is -2.55. The highest BCUT2D eigenvalue weighted by atomic mass is 19.4. The molecule has 4 rings (SSSR count). The van der Waals surface area contributed by atoms with Crippen molar-refractivity contribution in [2.75, 3.05) is 5.32 Å². The molecule has 0 saturated carbocycles. The van der Waals surface area contributed by atoms with Gasteiger partial charge >= 0.3 is 6.18 Å². The van der Waals surface area contributed by atoms with Crippen molar-refractivity contribution in [3.63, 3.8) is 0 Å². The van der Waals surface area contributed by atoms with Crippen molar-refractivity contribution in [3.05, 3.63) is 58.2 Å². The summed E-state index contributed by atoms with van der Waals surface area (Å²) in [5.41, 5.74) is -3.56. The van der Waals surface area contributed by atoms with E-state index in [-0.39, 0.29) is 35.3 Å². The molecule has 1 amide bonds. The van der Waals surface area contributed by atoms with Crippen molar-refractivity contribution in [3.8, 4) is 5.75 Å². The average Bonchev–Trinajstić information content (AvgIpc) is 2.73. The number of fused-ring (bicyclic) bond motifs is 2. The number of benzene rings is 2. The zero-order chi connectivity index (χ0) is 23.4. The van der Waals surface area contributed by atoms with Crippen LogP contribution in [-0.4, -0.2) is 27.9 Å². The summed E-state index contributed by atoms with van der Waals surface area (Å²) >= 11 is 0. The molecule has 3 atom stereocenters. The molecule has 1 heterocycles. The van der Waals surface area contributed by atoms with Gasteiger partial charge in [-0.25, -0.2) is 4.39 Å². The van der Waals surface area contributed by atoms with Gasteiger partial charge in [0.15, 0.2) is 17.2 Å². The Kier molecular flexibility index (Phi) is 5.19. The van der Waals surface area contributed by atoms with Gasteiger partial charge in [-0.1, -0.05) is 13.0 Å². The first-order valence-electron chi connectivity index (χ1n) is 9.79. The predicted molar refractivity (Wildman–Crippen MR) is 102 cm³/mol. The molecule has 0 aromatic heterocycles. The quantitative estimate of drug-likeness (QED) is 0.560. The van der Waals surface area contributed by atoms with E-state index < -0.39 is 59.0 Å². The molecular weight excluding hydrogens is 437 g/mol. The monoisotopic (exact) mass is 455 g/mol. The van der Waals surface area contributed by atoms with Crippen LogP contribution < -0.4 is 5.32 Å². The van der Waals surface area contributed by atoms with Crippen LogP contribution in [0.4, 0.5) is 27.6 Å². The summed E-state index contributed by atoms with van der Waals surface area (Å²) in [6.07, 6.45) is -6.00. The Morgan fingerprint density at radius 2 is 2.00 bits per heavy atom. The van der Waals surface area contributed by atoms with E-state index in [1.165, 1.54) is 25.1 Å². The summed E-state index contributed by atoms with van der Waals surface area (Å²) in [6.45, 7) is 1.42. The number of amides is 1. The van der Waals surface area contributed by atoms with Gasteiger partial charge in [-0.05, 0) is 42.5 Å². The molecule has 1 aliphatic carbocycles. The van der Waals surface area contributed by atoms with Gasteiger partial charge in [-0.3, -0.25) is 4.79 Å². The summed E-state index contributed by atoms with van der Waals surface area (Å²) in [5, 5.41) is 30.8. The number of azo groups is 1. The van der Waals surface area contributed by atoms with Gasteiger partial charge in [0, 0.05) is 16.8 Å². The molecule has 0 saturated heterocycles. The molecule has 0 radical (unpaired) electrons. The standard InChI is InChI=1S/C21H18F5N3O3/c1-2-9-7-20(32,21(24,25)26)18(11-6-13(22)16(23)17(30)15(9)11)28-14-5-3-4-10-12(14)8-27-29-19(10)31/h3-6,9,18,28,30,32H,2,7-8H2,1H3/t9-,18+,20+/m1/s1. The minimum atomic E-state index is -5.15. The Morgan fingerprint density at radius 1 is 1.28 bits per heavy atom. The minimum Gasteiger partial charge on any atom is -0.505 e. The smallest absolute Gasteiger partial charge is 0.419 e. The van der Waals surface area contributed by atoms with Crippen molar-refractivity contribution >= 4 is 11.6 Å². The van der Waals surface area contributed by atoms with Crippen molar-refractivity contribution in [2.45, 2.75) is 50.0 Å². The van der Waals surface area contributed by atoms with Gasteiger partial charge in [0.1, 0.15) is 0 Å². The van der Waals surface area contributed by atoms with E-state index >= 15 is 0 Å². The molecule has 170 valence electrons. The van der Waals surface area contributed by atoms with Crippen LogP contribution in [0.5, 0.6) is 5.75 Å². The predicted octanol–water partition coefficient (Wildman–Crippen LogP) is 5.12. The molecule has 32 heavy (non-hydrogen) atoms. The van der Waals surface area contributed by atoms with Crippen LogP contribution >= 0.6 is 0 Å². The number of hydrogen-bond acceptors (Lipinski definition) is 5. The molecule has 2 aromatic carbocycles. The van der Waals surface area contributed by atoms with E-state index in [1.54, 1.807) is 0 Å². The molecule has 2 aliphatic rings. The van der Waals surface area contributed by atoms with Crippen LogP contribution in [0.15, 0.2) is 34.5 Å². The van der Waals surface area contributed by atoms with Crippen LogP contribution in [0.25, 0.3) is 0 Å². The normalized spacial score (nSPS) is 24.8. The van der Waals surface area contributed by atoms with Crippen molar-refractivity contribution < 1.29 is 37.0 Å². The summed E-state index contributed by atoms with van der Waals surface area (Å²) in [5.74, 6) is -5.96. The van der Waals surface area contributed by atoms with Gasteiger partial charge in [0.2, 0.25) is 5.82 Å². The van der Waals surface area contributed by atoms with Gasteiger partial charge in [-0.15, -0.1) is 5.11 Å². The van der Waals surface area contributed by atoms with Crippen LogP contribution in [0, 0.1) is 11.6 Å². The minimum absolute atomic E-state index is 0.0341. The fraction of sp³-hybridized carbons (Fsp3) is 0.381. The van der Waals surface area contributed by atoms with Gasteiger partial charge in [0.25, 0.3) is 5.91 Å². The van der Waals surface area contributed by atoms with Crippen molar-refractivity contribution in [1.82, 2.24) is 0 Å². The first-order chi connectivity index (χ1) is 15.0. The second-order valence-electron chi connectivity index (χ2n) is 7.87. The van der Waals surface area contributed by atoms with Gasteiger partial charge in [0.05, 0.1) is 18.2 Å². The maximum atomic E-state index is 14.2. The number of aliphatic hydroxyl groups is 1. The number of anilines is 1. The number of nitrogens with zero attached hydrogens (tertiary/aromatic N) is 2. The molecule has 3 N–H and O–H groups in total. The molecule has 2 aromatic rings. The lowest BCUT2D eigenvalue weighted by Gasteiger charge is -2.46. The number of phenolic OH excluding ortho intramolecular Hbond substituents is 1. The highest BCUT2D eigenvalue weighted by Gasteiger charge is 2.62. The summed E-state index contributed by atoms with van der Waals surface area (Å²) < 4.78 is 70.7. The molecule has 6 nitrogen and oxygen atoms in total. The molecule has 0 fully saturated rings. The van der Waals surface area contributed by atoms with E-state index in [0.29, 0.717) is 6.07 Å². The zero-order valence-corrected chi connectivity index (χ0v) is 16.7. The molecule has 11 heteroatoms.